The lowest BCUT2D eigenvalue weighted by atomic mass is 10.1. The summed E-state index contributed by atoms with van der Waals surface area (Å²) in [5, 5.41) is 7.55. The van der Waals surface area contributed by atoms with Gasteiger partial charge in [0.25, 0.3) is 9.84 Å². The van der Waals surface area contributed by atoms with Crippen LogP contribution in [0.25, 0.3) is 0 Å². The number of aryl methyl sites for hydroxylation is 1. The Morgan fingerprint density at radius 3 is 2.20 bits per heavy atom. The molecule has 0 fully saturated rings. The smallest absolute Gasteiger partial charge is 0.481 e. The predicted octanol–water partition coefficient (Wildman–Crippen LogP) is 3.30. The number of halogens is 5. The van der Waals surface area contributed by atoms with E-state index in [1.165, 1.54) is 0 Å². The summed E-state index contributed by atoms with van der Waals surface area (Å²) in [7, 11) is -5.61. The first-order valence-corrected chi connectivity index (χ1v) is 7.22. The van der Waals surface area contributed by atoms with Gasteiger partial charge in [0.1, 0.15) is 0 Å². The zero-order valence-electron chi connectivity index (χ0n) is 9.54. The van der Waals surface area contributed by atoms with Crippen LogP contribution in [0.2, 0.25) is 10.0 Å². The lowest BCUT2D eigenvalue weighted by molar-refractivity contribution is -0.136. The van der Waals surface area contributed by atoms with Crippen molar-refractivity contribution in [2.75, 3.05) is 0 Å². The topological polar surface area (TPSA) is 71.4 Å². The number of alkyl halides is 3. The summed E-state index contributed by atoms with van der Waals surface area (Å²) in [4.78, 5) is 9.25. The van der Waals surface area contributed by atoms with E-state index >= 15 is 0 Å². The number of hydrogen-bond donors (Lipinski definition) is 1. The Hall–Kier alpha value is -0.990. The fraction of sp³-hybridized carbons (Fsp3) is 0.300. The molecular weight excluding hydrogens is 344 g/mol. The van der Waals surface area contributed by atoms with E-state index in [0.717, 1.165) is 6.07 Å². The summed E-state index contributed by atoms with van der Waals surface area (Å²) in [5.41, 5.74) is -5.34. The molecule has 0 aliphatic heterocycles. The number of carboxylic acids is 1. The quantitative estimate of drug-likeness (QED) is 0.904. The highest BCUT2D eigenvalue weighted by atomic mass is 35.5. The SMILES string of the molecule is O=C(O)CCc1cc(Cl)c(S(=O)(=O)C(F)(F)F)cc1Cl. The van der Waals surface area contributed by atoms with E-state index in [2.05, 4.69) is 0 Å². The minimum Gasteiger partial charge on any atom is -0.481 e. The van der Waals surface area contributed by atoms with Crippen LogP contribution >= 0.6 is 23.2 Å². The van der Waals surface area contributed by atoms with Crippen molar-refractivity contribution in [3.05, 3.63) is 27.7 Å². The van der Waals surface area contributed by atoms with Crippen LogP contribution in [-0.2, 0) is 21.1 Å². The van der Waals surface area contributed by atoms with Gasteiger partial charge in [-0.2, -0.15) is 13.2 Å². The van der Waals surface area contributed by atoms with Crippen molar-refractivity contribution < 1.29 is 31.5 Å². The molecule has 0 spiro atoms. The van der Waals surface area contributed by atoms with Crippen LogP contribution in [0, 0.1) is 0 Å². The van der Waals surface area contributed by atoms with Gasteiger partial charge >= 0.3 is 11.5 Å². The van der Waals surface area contributed by atoms with Crippen LogP contribution in [0.5, 0.6) is 0 Å². The highest BCUT2D eigenvalue weighted by molar-refractivity contribution is 7.92. The molecule has 1 N–H and O–H groups in total. The number of benzene rings is 1. The molecule has 0 saturated heterocycles. The molecule has 1 aromatic rings. The van der Waals surface area contributed by atoms with Gasteiger partial charge in [0.2, 0.25) is 0 Å². The van der Waals surface area contributed by atoms with Gasteiger partial charge in [-0.3, -0.25) is 4.79 Å². The fourth-order valence-corrected chi connectivity index (χ4v) is 2.99. The second kappa shape index (κ2) is 5.79. The molecule has 1 aromatic carbocycles. The van der Waals surface area contributed by atoms with E-state index in [1.54, 1.807) is 0 Å². The Labute approximate surface area is 122 Å². The van der Waals surface area contributed by atoms with Crippen LogP contribution < -0.4 is 0 Å². The Morgan fingerprint density at radius 1 is 1.20 bits per heavy atom. The lowest BCUT2D eigenvalue weighted by Crippen LogP contribution is -2.23. The highest BCUT2D eigenvalue weighted by Gasteiger charge is 2.48. The molecule has 20 heavy (non-hydrogen) atoms. The van der Waals surface area contributed by atoms with Gasteiger partial charge in [-0.1, -0.05) is 23.2 Å². The molecule has 0 aliphatic carbocycles. The van der Waals surface area contributed by atoms with Crippen molar-refractivity contribution in [1.29, 1.82) is 0 Å². The van der Waals surface area contributed by atoms with Crippen LogP contribution in [-0.4, -0.2) is 25.0 Å². The Kier molecular flexibility index (Phi) is 4.94. The van der Waals surface area contributed by atoms with Crippen molar-refractivity contribution in [1.82, 2.24) is 0 Å². The van der Waals surface area contributed by atoms with E-state index in [9.17, 15) is 26.4 Å². The molecule has 0 aliphatic rings. The summed E-state index contributed by atoms with van der Waals surface area (Å²) < 4.78 is 59.7. The third-order valence-corrected chi connectivity index (χ3v) is 4.61. The van der Waals surface area contributed by atoms with Gasteiger partial charge < -0.3 is 5.11 Å². The largest absolute Gasteiger partial charge is 0.501 e. The average molecular weight is 351 g/mol. The van der Waals surface area contributed by atoms with Crippen LogP contribution in [0.15, 0.2) is 17.0 Å². The molecule has 0 heterocycles. The van der Waals surface area contributed by atoms with Gasteiger partial charge in [-0.15, -0.1) is 0 Å². The molecule has 0 amide bonds. The Balaban J connectivity index is 3.28. The highest BCUT2D eigenvalue weighted by Crippen LogP contribution is 2.37. The van der Waals surface area contributed by atoms with Crippen molar-refractivity contribution in [3.8, 4) is 0 Å². The summed E-state index contributed by atoms with van der Waals surface area (Å²) in [6.45, 7) is 0. The van der Waals surface area contributed by atoms with Gasteiger partial charge in [-0.05, 0) is 24.1 Å². The van der Waals surface area contributed by atoms with Crippen LogP contribution in [0.3, 0.4) is 0 Å². The molecule has 0 saturated carbocycles. The molecule has 0 aromatic heterocycles. The standard InChI is InChI=1S/C10H7Cl2F3O4S/c11-6-4-8(20(18,19)10(13,14)15)7(12)3-5(6)1-2-9(16)17/h3-4H,1-2H2,(H,16,17). The number of rotatable bonds is 4. The van der Waals surface area contributed by atoms with Gasteiger partial charge in [0, 0.05) is 11.4 Å². The number of carbonyl (C=O) groups is 1. The average Bonchev–Trinajstić information content (AvgIpc) is 2.27. The first-order valence-electron chi connectivity index (χ1n) is 4.98. The predicted molar refractivity (Wildman–Crippen MR) is 65.7 cm³/mol. The number of sulfone groups is 1. The van der Waals surface area contributed by atoms with E-state index < -0.39 is 31.2 Å². The minimum atomic E-state index is -5.61. The number of hydrogen-bond acceptors (Lipinski definition) is 3. The minimum absolute atomic E-state index is 0.0831. The summed E-state index contributed by atoms with van der Waals surface area (Å²) in [6.07, 6.45) is -0.401. The summed E-state index contributed by atoms with van der Waals surface area (Å²) >= 11 is 11.2. The van der Waals surface area contributed by atoms with Crippen molar-refractivity contribution in [3.63, 3.8) is 0 Å². The van der Waals surface area contributed by atoms with Crippen LogP contribution in [0.1, 0.15) is 12.0 Å². The molecule has 0 bridgehead atoms. The lowest BCUT2D eigenvalue weighted by Gasteiger charge is -2.12. The summed E-state index contributed by atoms with van der Waals surface area (Å²) in [6, 6.07) is 1.50. The second-order valence-corrected chi connectivity index (χ2v) is 6.44. The van der Waals surface area contributed by atoms with E-state index in [0.29, 0.717) is 6.07 Å². The first kappa shape index (κ1) is 17.1. The third kappa shape index (κ3) is 3.56. The molecule has 0 unspecified atom stereocenters. The molecule has 112 valence electrons. The molecule has 0 atom stereocenters. The molecule has 10 heteroatoms. The van der Waals surface area contributed by atoms with Gasteiger partial charge in [0.15, 0.2) is 0 Å². The number of aliphatic carboxylic acids is 1. The molecule has 1 rings (SSSR count). The van der Waals surface area contributed by atoms with E-state index in [-0.39, 0.29) is 23.4 Å². The third-order valence-electron chi connectivity index (χ3n) is 2.30. The monoisotopic (exact) mass is 350 g/mol. The molecule has 4 nitrogen and oxygen atoms in total. The number of carboxylic acid groups (broad SMARTS) is 1. The second-order valence-electron chi connectivity index (χ2n) is 3.72. The van der Waals surface area contributed by atoms with E-state index in [1.807, 2.05) is 0 Å². The molecular formula is C10H7Cl2F3O4S. The normalized spacial score (nSPS) is 12.4. The zero-order chi connectivity index (χ0) is 15.7. The van der Waals surface area contributed by atoms with Gasteiger partial charge in [-0.25, -0.2) is 8.42 Å². The maximum absolute atomic E-state index is 12.4. The Morgan fingerprint density at radius 2 is 1.75 bits per heavy atom. The van der Waals surface area contributed by atoms with Crippen LogP contribution in [0.4, 0.5) is 13.2 Å². The zero-order valence-corrected chi connectivity index (χ0v) is 11.9. The fourth-order valence-electron chi connectivity index (χ4n) is 1.33. The maximum atomic E-state index is 12.4. The van der Waals surface area contributed by atoms with Crippen molar-refractivity contribution >= 4 is 39.0 Å². The summed E-state index contributed by atoms with van der Waals surface area (Å²) in [5.74, 6) is -1.14. The first-order chi connectivity index (χ1) is 8.96. The van der Waals surface area contributed by atoms with Gasteiger partial charge in [0.05, 0.1) is 9.92 Å². The maximum Gasteiger partial charge on any atom is 0.501 e. The van der Waals surface area contributed by atoms with Crippen molar-refractivity contribution in [2.45, 2.75) is 23.2 Å². The van der Waals surface area contributed by atoms with E-state index in [4.69, 9.17) is 28.3 Å². The molecule has 0 radical (unpaired) electrons. The Bertz CT molecular complexity index is 641. The van der Waals surface area contributed by atoms with Crippen molar-refractivity contribution in [2.24, 2.45) is 0 Å².